The quantitative estimate of drug-likeness (QED) is 0.934. The highest BCUT2D eigenvalue weighted by molar-refractivity contribution is 6.31. The average molecular weight is 280 g/mol. The smallest absolute Gasteiger partial charge is 0.128 e. The average Bonchev–Trinajstić information content (AvgIpc) is 2.67. The summed E-state index contributed by atoms with van der Waals surface area (Å²) in [6.07, 6.45) is 1.89. The molecule has 0 aliphatic carbocycles. The van der Waals surface area contributed by atoms with Gasteiger partial charge in [0.1, 0.15) is 17.3 Å². The van der Waals surface area contributed by atoms with Crippen molar-refractivity contribution in [2.24, 2.45) is 7.05 Å². The van der Waals surface area contributed by atoms with Gasteiger partial charge in [0.05, 0.1) is 7.11 Å². The van der Waals surface area contributed by atoms with E-state index in [0.717, 1.165) is 35.4 Å². The molecule has 2 rings (SSSR count). The lowest BCUT2D eigenvalue weighted by molar-refractivity contribution is 0.416. The Morgan fingerprint density at radius 1 is 1.42 bits per heavy atom. The summed E-state index contributed by atoms with van der Waals surface area (Å²) >= 11 is 6.08. The first-order valence-electron chi connectivity index (χ1n) is 6.23. The minimum absolute atomic E-state index is 0.655. The maximum atomic E-state index is 6.08. The van der Waals surface area contributed by atoms with E-state index >= 15 is 0 Å². The number of aromatic nitrogens is 2. The highest BCUT2D eigenvalue weighted by atomic mass is 35.5. The summed E-state index contributed by atoms with van der Waals surface area (Å²) in [4.78, 5) is 0. The first kappa shape index (κ1) is 13.7. The lowest BCUT2D eigenvalue weighted by Gasteiger charge is -2.08. The monoisotopic (exact) mass is 279 g/mol. The molecule has 0 saturated heterocycles. The minimum Gasteiger partial charge on any atom is -0.496 e. The van der Waals surface area contributed by atoms with Crippen LogP contribution in [0, 0.1) is 0 Å². The van der Waals surface area contributed by atoms with Gasteiger partial charge in [-0.3, -0.25) is 4.68 Å². The number of rotatable bonds is 4. The number of methoxy groups -OCH3 is 1. The summed E-state index contributed by atoms with van der Waals surface area (Å²) in [5.41, 5.74) is 8.86. The van der Waals surface area contributed by atoms with Crippen molar-refractivity contribution < 1.29 is 4.74 Å². The van der Waals surface area contributed by atoms with Crippen molar-refractivity contribution in [3.05, 3.63) is 28.8 Å². The second kappa shape index (κ2) is 5.53. The molecular formula is C14H18ClN3O. The van der Waals surface area contributed by atoms with E-state index in [4.69, 9.17) is 22.1 Å². The summed E-state index contributed by atoms with van der Waals surface area (Å²) in [7, 11) is 3.48. The fraction of sp³-hybridized carbons (Fsp3) is 0.357. The molecule has 4 nitrogen and oxygen atoms in total. The fourth-order valence-electron chi connectivity index (χ4n) is 2.16. The molecule has 0 aliphatic heterocycles. The second-order valence-corrected chi connectivity index (χ2v) is 4.87. The number of nitrogen functional groups attached to an aromatic ring is 1. The molecule has 102 valence electrons. The number of hydrogen-bond donors (Lipinski definition) is 1. The predicted molar refractivity (Wildman–Crippen MR) is 78.6 cm³/mol. The molecule has 0 fully saturated rings. The van der Waals surface area contributed by atoms with E-state index in [-0.39, 0.29) is 0 Å². The summed E-state index contributed by atoms with van der Waals surface area (Å²) in [6, 6.07) is 5.51. The molecule has 0 radical (unpaired) electrons. The standard InChI is InChI=1S/C14H18ClN3O/c1-4-5-10-13(17-18(2)14(10)16)11-8-9(15)6-7-12(11)19-3/h6-8H,4-5,16H2,1-3H3. The molecule has 0 amide bonds. The largest absolute Gasteiger partial charge is 0.496 e. The van der Waals surface area contributed by atoms with Gasteiger partial charge >= 0.3 is 0 Å². The molecule has 1 aromatic heterocycles. The molecule has 0 atom stereocenters. The Balaban J connectivity index is 2.64. The third-order valence-electron chi connectivity index (χ3n) is 3.11. The Morgan fingerprint density at radius 3 is 2.79 bits per heavy atom. The summed E-state index contributed by atoms with van der Waals surface area (Å²) in [5.74, 6) is 1.44. The van der Waals surface area contributed by atoms with Crippen molar-refractivity contribution in [3.63, 3.8) is 0 Å². The lowest BCUT2D eigenvalue weighted by Crippen LogP contribution is -1.99. The predicted octanol–water partition coefficient (Wildman–Crippen LogP) is 3.28. The van der Waals surface area contributed by atoms with Crippen molar-refractivity contribution in [3.8, 4) is 17.0 Å². The number of aryl methyl sites for hydroxylation is 1. The molecule has 2 aromatic rings. The molecular weight excluding hydrogens is 262 g/mol. The van der Waals surface area contributed by atoms with Gasteiger partial charge in [0.25, 0.3) is 0 Å². The van der Waals surface area contributed by atoms with Crippen LogP contribution in [0.25, 0.3) is 11.3 Å². The van der Waals surface area contributed by atoms with Gasteiger partial charge in [0.2, 0.25) is 0 Å². The zero-order valence-electron chi connectivity index (χ0n) is 11.4. The van der Waals surface area contributed by atoms with Crippen LogP contribution in [-0.2, 0) is 13.5 Å². The van der Waals surface area contributed by atoms with Crippen LogP contribution in [0.3, 0.4) is 0 Å². The highest BCUT2D eigenvalue weighted by Crippen LogP contribution is 2.36. The van der Waals surface area contributed by atoms with E-state index < -0.39 is 0 Å². The Labute approximate surface area is 118 Å². The number of nitrogens with two attached hydrogens (primary N) is 1. The van der Waals surface area contributed by atoms with Crippen molar-refractivity contribution in [1.82, 2.24) is 9.78 Å². The number of nitrogens with zero attached hydrogens (tertiary/aromatic N) is 2. The molecule has 0 bridgehead atoms. The van der Waals surface area contributed by atoms with Crippen LogP contribution in [0.15, 0.2) is 18.2 Å². The first-order valence-corrected chi connectivity index (χ1v) is 6.61. The van der Waals surface area contributed by atoms with Gasteiger partial charge in [-0.15, -0.1) is 0 Å². The van der Waals surface area contributed by atoms with Gasteiger partial charge in [-0.25, -0.2) is 0 Å². The van der Waals surface area contributed by atoms with Crippen LogP contribution < -0.4 is 10.5 Å². The normalized spacial score (nSPS) is 10.7. The van der Waals surface area contributed by atoms with Crippen LogP contribution in [0.4, 0.5) is 5.82 Å². The zero-order chi connectivity index (χ0) is 14.0. The summed E-state index contributed by atoms with van der Waals surface area (Å²) < 4.78 is 7.08. The van der Waals surface area contributed by atoms with Crippen molar-refractivity contribution in [1.29, 1.82) is 0 Å². The SMILES string of the molecule is CCCc1c(-c2cc(Cl)ccc2OC)nn(C)c1N. The van der Waals surface area contributed by atoms with Crippen LogP contribution in [0.2, 0.25) is 5.02 Å². The van der Waals surface area contributed by atoms with Crippen molar-refractivity contribution in [2.45, 2.75) is 19.8 Å². The summed E-state index contributed by atoms with van der Waals surface area (Å²) in [5, 5.41) is 5.16. The van der Waals surface area contributed by atoms with Gasteiger partial charge in [-0.2, -0.15) is 5.10 Å². The van der Waals surface area contributed by atoms with Crippen LogP contribution in [0.1, 0.15) is 18.9 Å². The van der Waals surface area contributed by atoms with Gasteiger partial charge < -0.3 is 10.5 Å². The number of anilines is 1. The molecule has 1 heterocycles. The third kappa shape index (κ3) is 2.54. The molecule has 0 aliphatic rings. The maximum absolute atomic E-state index is 6.08. The third-order valence-corrected chi connectivity index (χ3v) is 3.35. The zero-order valence-corrected chi connectivity index (χ0v) is 12.2. The Hall–Kier alpha value is -1.68. The Kier molecular flexibility index (Phi) is 4.00. The van der Waals surface area contributed by atoms with E-state index in [0.29, 0.717) is 10.8 Å². The fourth-order valence-corrected chi connectivity index (χ4v) is 2.33. The van der Waals surface area contributed by atoms with Gasteiger partial charge in [0.15, 0.2) is 0 Å². The van der Waals surface area contributed by atoms with E-state index in [1.54, 1.807) is 17.9 Å². The summed E-state index contributed by atoms with van der Waals surface area (Å²) in [6.45, 7) is 2.12. The highest BCUT2D eigenvalue weighted by Gasteiger charge is 2.18. The topological polar surface area (TPSA) is 53.1 Å². The van der Waals surface area contributed by atoms with E-state index in [1.165, 1.54) is 0 Å². The molecule has 19 heavy (non-hydrogen) atoms. The van der Waals surface area contributed by atoms with Crippen LogP contribution in [0.5, 0.6) is 5.75 Å². The van der Waals surface area contributed by atoms with Crippen LogP contribution in [-0.4, -0.2) is 16.9 Å². The second-order valence-electron chi connectivity index (χ2n) is 4.43. The van der Waals surface area contributed by atoms with Crippen molar-refractivity contribution >= 4 is 17.4 Å². The molecule has 2 N–H and O–H groups in total. The number of benzene rings is 1. The van der Waals surface area contributed by atoms with E-state index in [1.807, 2.05) is 19.2 Å². The molecule has 1 aromatic carbocycles. The van der Waals surface area contributed by atoms with E-state index in [9.17, 15) is 0 Å². The Bertz CT molecular complexity index is 593. The van der Waals surface area contributed by atoms with E-state index in [2.05, 4.69) is 12.0 Å². The Morgan fingerprint density at radius 2 is 2.16 bits per heavy atom. The number of halogens is 1. The molecule has 0 spiro atoms. The van der Waals surface area contributed by atoms with Gasteiger partial charge in [-0.1, -0.05) is 24.9 Å². The first-order chi connectivity index (χ1) is 9.08. The lowest BCUT2D eigenvalue weighted by atomic mass is 10.0. The maximum Gasteiger partial charge on any atom is 0.128 e. The minimum atomic E-state index is 0.655. The molecule has 5 heteroatoms. The number of hydrogen-bond acceptors (Lipinski definition) is 3. The van der Waals surface area contributed by atoms with Gasteiger partial charge in [-0.05, 0) is 24.6 Å². The van der Waals surface area contributed by atoms with Crippen LogP contribution >= 0.6 is 11.6 Å². The van der Waals surface area contributed by atoms with Gasteiger partial charge in [0, 0.05) is 23.2 Å². The molecule has 0 saturated carbocycles. The molecule has 0 unspecified atom stereocenters. The number of ether oxygens (including phenoxy) is 1. The van der Waals surface area contributed by atoms with Crippen molar-refractivity contribution in [2.75, 3.05) is 12.8 Å².